The van der Waals surface area contributed by atoms with Crippen LogP contribution in [0, 0.1) is 0 Å². The number of rotatable bonds is 1. The Balaban J connectivity index is 1.87. The highest BCUT2D eigenvalue weighted by molar-refractivity contribution is 5.96. The molecule has 94 valence electrons. The van der Waals surface area contributed by atoms with Crippen LogP contribution >= 0.6 is 0 Å². The molecule has 1 aromatic heterocycles. The molecule has 1 atom stereocenters. The topological polar surface area (TPSA) is 59.5 Å². The van der Waals surface area contributed by atoms with Crippen molar-refractivity contribution in [1.82, 2.24) is 4.90 Å². The van der Waals surface area contributed by atoms with Crippen molar-refractivity contribution in [1.29, 1.82) is 0 Å². The Kier molecular flexibility index (Phi) is 2.80. The van der Waals surface area contributed by atoms with E-state index in [1.807, 2.05) is 24.3 Å². The van der Waals surface area contributed by atoms with Gasteiger partial charge >= 0.3 is 0 Å². The second kappa shape index (κ2) is 4.46. The third kappa shape index (κ3) is 1.99. The number of nitrogens with two attached hydrogens (primary N) is 1. The van der Waals surface area contributed by atoms with Crippen LogP contribution in [0.4, 0.5) is 0 Å². The predicted molar refractivity (Wildman–Crippen MR) is 69.3 cm³/mol. The Labute approximate surface area is 105 Å². The van der Waals surface area contributed by atoms with Crippen LogP contribution in [0.3, 0.4) is 0 Å². The van der Waals surface area contributed by atoms with E-state index < -0.39 is 0 Å². The van der Waals surface area contributed by atoms with E-state index in [0.29, 0.717) is 12.3 Å². The smallest absolute Gasteiger partial charge is 0.289 e. The van der Waals surface area contributed by atoms with E-state index in [9.17, 15) is 4.79 Å². The highest BCUT2D eigenvalue weighted by atomic mass is 16.3. The molecule has 1 aromatic carbocycles. The lowest BCUT2D eigenvalue weighted by Crippen LogP contribution is -2.45. The summed E-state index contributed by atoms with van der Waals surface area (Å²) in [5.41, 5.74) is 6.64. The summed E-state index contributed by atoms with van der Waals surface area (Å²) >= 11 is 0. The first-order chi connectivity index (χ1) is 8.74. The maximum atomic E-state index is 12.3. The first-order valence-electron chi connectivity index (χ1n) is 6.27. The molecule has 0 aliphatic carbocycles. The van der Waals surface area contributed by atoms with Gasteiger partial charge in [-0.2, -0.15) is 0 Å². The van der Waals surface area contributed by atoms with E-state index in [0.717, 1.165) is 30.4 Å². The Morgan fingerprint density at radius 3 is 3.00 bits per heavy atom. The molecule has 0 spiro atoms. The molecule has 0 unspecified atom stereocenters. The van der Waals surface area contributed by atoms with Crippen LogP contribution in [0.5, 0.6) is 0 Å². The Bertz CT molecular complexity index is 543. The molecular formula is C14H16N2O2. The van der Waals surface area contributed by atoms with Gasteiger partial charge in [-0.1, -0.05) is 18.2 Å². The van der Waals surface area contributed by atoms with Gasteiger partial charge in [-0.05, 0) is 25.0 Å². The zero-order valence-electron chi connectivity index (χ0n) is 10.1. The quantitative estimate of drug-likeness (QED) is 0.834. The van der Waals surface area contributed by atoms with Crippen molar-refractivity contribution in [3.63, 3.8) is 0 Å². The second-order valence-corrected chi connectivity index (χ2v) is 4.80. The Morgan fingerprint density at radius 2 is 2.22 bits per heavy atom. The van der Waals surface area contributed by atoms with Crippen molar-refractivity contribution in [2.24, 2.45) is 5.73 Å². The lowest BCUT2D eigenvalue weighted by Gasteiger charge is -2.29. The number of piperidine rings is 1. The first kappa shape index (κ1) is 11.3. The molecule has 18 heavy (non-hydrogen) atoms. The largest absolute Gasteiger partial charge is 0.451 e. The molecule has 0 saturated carbocycles. The van der Waals surface area contributed by atoms with Crippen molar-refractivity contribution in [3.05, 3.63) is 36.1 Å². The number of furan rings is 1. The van der Waals surface area contributed by atoms with Gasteiger partial charge in [0.15, 0.2) is 5.76 Å². The standard InChI is InChI=1S/C14H16N2O2/c15-11-5-3-7-16(9-11)14(17)13-8-10-4-1-2-6-12(10)18-13/h1-2,4,6,8,11H,3,5,7,9,15H2/t11-/m1/s1. The van der Waals surface area contributed by atoms with Gasteiger partial charge in [0.25, 0.3) is 5.91 Å². The zero-order chi connectivity index (χ0) is 12.5. The molecule has 4 heteroatoms. The number of hydrogen-bond donors (Lipinski definition) is 1. The highest BCUT2D eigenvalue weighted by Gasteiger charge is 2.24. The fourth-order valence-corrected chi connectivity index (χ4v) is 2.44. The van der Waals surface area contributed by atoms with E-state index in [1.165, 1.54) is 0 Å². The number of amides is 1. The van der Waals surface area contributed by atoms with Crippen molar-refractivity contribution in [3.8, 4) is 0 Å². The minimum Gasteiger partial charge on any atom is -0.451 e. The molecule has 3 rings (SSSR count). The highest BCUT2D eigenvalue weighted by Crippen LogP contribution is 2.21. The average Bonchev–Trinajstić information content (AvgIpc) is 2.81. The van der Waals surface area contributed by atoms with Gasteiger partial charge < -0.3 is 15.1 Å². The summed E-state index contributed by atoms with van der Waals surface area (Å²) in [7, 11) is 0. The minimum atomic E-state index is -0.0543. The van der Waals surface area contributed by atoms with Gasteiger partial charge in [0.2, 0.25) is 0 Å². The summed E-state index contributed by atoms with van der Waals surface area (Å²) < 4.78 is 5.59. The summed E-state index contributed by atoms with van der Waals surface area (Å²) in [6, 6.07) is 9.54. The third-order valence-electron chi connectivity index (χ3n) is 3.38. The normalized spacial score (nSPS) is 20.3. The van der Waals surface area contributed by atoms with Crippen LogP contribution in [0.15, 0.2) is 34.7 Å². The third-order valence-corrected chi connectivity index (χ3v) is 3.38. The maximum Gasteiger partial charge on any atom is 0.289 e. The van der Waals surface area contributed by atoms with Gasteiger partial charge in [0.1, 0.15) is 5.58 Å². The fourth-order valence-electron chi connectivity index (χ4n) is 2.44. The molecular weight excluding hydrogens is 228 g/mol. The molecule has 2 N–H and O–H groups in total. The van der Waals surface area contributed by atoms with Crippen molar-refractivity contribution in [2.75, 3.05) is 13.1 Å². The summed E-state index contributed by atoms with van der Waals surface area (Å²) in [6.45, 7) is 1.39. The maximum absolute atomic E-state index is 12.3. The molecule has 1 amide bonds. The van der Waals surface area contributed by atoms with E-state index >= 15 is 0 Å². The average molecular weight is 244 g/mol. The van der Waals surface area contributed by atoms with Gasteiger partial charge in [0.05, 0.1) is 0 Å². The molecule has 1 aliphatic heterocycles. The summed E-state index contributed by atoms with van der Waals surface area (Å²) in [6.07, 6.45) is 1.96. The number of carbonyl (C=O) groups is 1. The van der Waals surface area contributed by atoms with Crippen molar-refractivity contribution < 1.29 is 9.21 Å². The van der Waals surface area contributed by atoms with Crippen molar-refractivity contribution in [2.45, 2.75) is 18.9 Å². The van der Waals surface area contributed by atoms with Crippen LogP contribution in [-0.2, 0) is 0 Å². The summed E-state index contributed by atoms with van der Waals surface area (Å²) in [4.78, 5) is 14.1. The molecule has 1 fully saturated rings. The summed E-state index contributed by atoms with van der Waals surface area (Å²) in [5, 5.41) is 0.960. The van der Waals surface area contributed by atoms with Gasteiger partial charge in [-0.3, -0.25) is 4.79 Å². The fraction of sp³-hybridized carbons (Fsp3) is 0.357. The lowest BCUT2D eigenvalue weighted by molar-refractivity contribution is 0.0679. The van der Waals surface area contributed by atoms with Gasteiger partial charge in [-0.15, -0.1) is 0 Å². The van der Waals surface area contributed by atoms with E-state index in [-0.39, 0.29) is 11.9 Å². The Morgan fingerprint density at radius 1 is 1.39 bits per heavy atom. The van der Waals surface area contributed by atoms with E-state index in [2.05, 4.69) is 0 Å². The zero-order valence-corrected chi connectivity index (χ0v) is 10.1. The number of benzene rings is 1. The van der Waals surface area contributed by atoms with Gasteiger partial charge in [0, 0.05) is 24.5 Å². The first-order valence-corrected chi connectivity index (χ1v) is 6.27. The van der Waals surface area contributed by atoms with E-state index in [4.69, 9.17) is 10.2 Å². The Hall–Kier alpha value is -1.81. The predicted octanol–water partition coefficient (Wildman–Crippen LogP) is 2.00. The molecule has 1 saturated heterocycles. The molecule has 2 heterocycles. The minimum absolute atomic E-state index is 0.0543. The van der Waals surface area contributed by atoms with Crippen LogP contribution in [0.1, 0.15) is 23.4 Å². The number of carbonyl (C=O) groups excluding carboxylic acids is 1. The van der Waals surface area contributed by atoms with E-state index in [1.54, 1.807) is 11.0 Å². The van der Waals surface area contributed by atoms with Crippen LogP contribution in [0.25, 0.3) is 11.0 Å². The SMILES string of the molecule is N[C@@H]1CCCN(C(=O)c2cc3ccccc3o2)C1. The number of likely N-dealkylation sites (tertiary alicyclic amines) is 1. The molecule has 1 aliphatic rings. The molecule has 0 radical (unpaired) electrons. The lowest BCUT2D eigenvalue weighted by atomic mass is 10.1. The van der Waals surface area contributed by atoms with Crippen LogP contribution in [0.2, 0.25) is 0 Å². The second-order valence-electron chi connectivity index (χ2n) is 4.80. The number of hydrogen-bond acceptors (Lipinski definition) is 3. The number of para-hydroxylation sites is 1. The molecule has 0 bridgehead atoms. The number of nitrogens with zero attached hydrogens (tertiary/aromatic N) is 1. The summed E-state index contributed by atoms with van der Waals surface area (Å²) in [5.74, 6) is 0.353. The monoisotopic (exact) mass is 244 g/mol. The molecule has 2 aromatic rings. The number of fused-ring (bicyclic) bond motifs is 1. The van der Waals surface area contributed by atoms with Crippen LogP contribution < -0.4 is 5.73 Å². The van der Waals surface area contributed by atoms with Crippen LogP contribution in [-0.4, -0.2) is 29.9 Å². The van der Waals surface area contributed by atoms with Gasteiger partial charge in [-0.25, -0.2) is 0 Å². The molecule has 4 nitrogen and oxygen atoms in total. The van der Waals surface area contributed by atoms with Crippen molar-refractivity contribution >= 4 is 16.9 Å².